The Hall–Kier alpha value is -2.04. The fourth-order valence-electron chi connectivity index (χ4n) is 2.13. The van der Waals surface area contributed by atoms with Crippen LogP contribution in [0.4, 0.5) is 10.5 Å². The summed E-state index contributed by atoms with van der Waals surface area (Å²) in [4.78, 5) is 23.6. The molecule has 0 bridgehead atoms. The molecule has 0 aliphatic heterocycles. The number of hydrogen-bond acceptors (Lipinski definition) is 2. The maximum atomic E-state index is 11.8. The summed E-state index contributed by atoms with van der Waals surface area (Å²) in [7, 11) is 0. The number of carbonyl (C=O) groups excluding carboxylic acids is 2. The molecule has 5 nitrogen and oxygen atoms in total. The molecule has 122 valence electrons. The van der Waals surface area contributed by atoms with Gasteiger partial charge >= 0.3 is 6.03 Å². The van der Waals surface area contributed by atoms with Gasteiger partial charge in [-0.25, -0.2) is 4.79 Å². The third-order valence-electron chi connectivity index (χ3n) is 3.39. The number of nitrogens with one attached hydrogen (secondary N) is 3. The second kappa shape index (κ2) is 9.82. The highest BCUT2D eigenvalue weighted by Crippen LogP contribution is 2.16. The standard InChI is InChI=1S/C17H27N3O2/c1-4-6-7-8-11-19-17(22)20-15-10-9-14(12-13(15)3)16(21)18-5-2/h9-10,12H,4-8,11H2,1-3H3,(H,18,21)(H2,19,20,22). The number of benzene rings is 1. The van der Waals surface area contributed by atoms with E-state index in [-0.39, 0.29) is 11.9 Å². The maximum Gasteiger partial charge on any atom is 0.319 e. The number of carbonyl (C=O) groups is 2. The van der Waals surface area contributed by atoms with Gasteiger partial charge in [-0.2, -0.15) is 0 Å². The average Bonchev–Trinajstić information content (AvgIpc) is 2.49. The molecule has 0 fully saturated rings. The Bertz CT molecular complexity index is 501. The molecule has 0 aromatic heterocycles. The molecule has 1 rings (SSSR count). The minimum atomic E-state index is -0.203. The van der Waals surface area contributed by atoms with Crippen LogP contribution >= 0.6 is 0 Å². The summed E-state index contributed by atoms with van der Waals surface area (Å²) >= 11 is 0. The van der Waals surface area contributed by atoms with E-state index in [1.165, 1.54) is 12.8 Å². The van der Waals surface area contributed by atoms with Crippen LogP contribution in [-0.2, 0) is 0 Å². The number of amides is 3. The van der Waals surface area contributed by atoms with Crippen molar-refractivity contribution in [3.63, 3.8) is 0 Å². The molecule has 0 spiro atoms. The summed E-state index contributed by atoms with van der Waals surface area (Å²) < 4.78 is 0. The van der Waals surface area contributed by atoms with Crippen molar-refractivity contribution in [1.29, 1.82) is 0 Å². The zero-order valence-electron chi connectivity index (χ0n) is 13.8. The topological polar surface area (TPSA) is 70.2 Å². The van der Waals surface area contributed by atoms with Gasteiger partial charge in [-0.15, -0.1) is 0 Å². The van der Waals surface area contributed by atoms with Crippen LogP contribution in [-0.4, -0.2) is 25.0 Å². The van der Waals surface area contributed by atoms with Gasteiger partial charge in [0, 0.05) is 24.3 Å². The van der Waals surface area contributed by atoms with Gasteiger partial charge in [0.2, 0.25) is 0 Å². The van der Waals surface area contributed by atoms with E-state index in [4.69, 9.17) is 0 Å². The third-order valence-corrected chi connectivity index (χ3v) is 3.39. The van der Waals surface area contributed by atoms with E-state index in [2.05, 4.69) is 22.9 Å². The maximum absolute atomic E-state index is 11.8. The molecule has 22 heavy (non-hydrogen) atoms. The molecule has 1 aromatic carbocycles. The lowest BCUT2D eigenvalue weighted by Gasteiger charge is -2.11. The smallest absolute Gasteiger partial charge is 0.319 e. The first-order valence-electron chi connectivity index (χ1n) is 8.02. The first-order chi connectivity index (χ1) is 10.6. The van der Waals surface area contributed by atoms with Gasteiger partial charge in [0.1, 0.15) is 0 Å². The lowest BCUT2D eigenvalue weighted by molar-refractivity contribution is 0.0955. The van der Waals surface area contributed by atoms with Crippen LogP contribution < -0.4 is 16.0 Å². The lowest BCUT2D eigenvalue weighted by atomic mass is 10.1. The van der Waals surface area contributed by atoms with E-state index >= 15 is 0 Å². The van der Waals surface area contributed by atoms with Crippen LogP contribution in [0.2, 0.25) is 0 Å². The molecule has 3 amide bonds. The van der Waals surface area contributed by atoms with E-state index in [1.54, 1.807) is 18.2 Å². The van der Waals surface area contributed by atoms with E-state index in [1.807, 2.05) is 13.8 Å². The predicted octanol–water partition coefficient (Wildman–Crippen LogP) is 3.45. The van der Waals surface area contributed by atoms with Gasteiger partial charge in [0.05, 0.1) is 0 Å². The van der Waals surface area contributed by atoms with Crippen molar-refractivity contribution in [2.45, 2.75) is 46.5 Å². The Morgan fingerprint density at radius 3 is 2.45 bits per heavy atom. The van der Waals surface area contributed by atoms with Crippen LogP contribution in [0.1, 0.15) is 55.5 Å². The number of unbranched alkanes of at least 4 members (excludes halogenated alkanes) is 3. The van der Waals surface area contributed by atoms with Crippen molar-refractivity contribution < 1.29 is 9.59 Å². The number of rotatable bonds is 8. The van der Waals surface area contributed by atoms with E-state index in [9.17, 15) is 9.59 Å². The molecular formula is C17H27N3O2. The van der Waals surface area contributed by atoms with E-state index < -0.39 is 0 Å². The molecule has 0 radical (unpaired) electrons. The molecule has 5 heteroatoms. The Balaban J connectivity index is 2.48. The van der Waals surface area contributed by atoms with Crippen molar-refractivity contribution in [2.24, 2.45) is 0 Å². The molecule has 1 aromatic rings. The number of aryl methyl sites for hydroxylation is 1. The van der Waals surface area contributed by atoms with Crippen LogP contribution in [0, 0.1) is 6.92 Å². The molecule has 0 saturated carbocycles. The van der Waals surface area contributed by atoms with Gasteiger partial charge in [-0.3, -0.25) is 4.79 Å². The van der Waals surface area contributed by atoms with Crippen LogP contribution in [0.25, 0.3) is 0 Å². The van der Waals surface area contributed by atoms with Crippen molar-refractivity contribution in [2.75, 3.05) is 18.4 Å². The molecule has 3 N–H and O–H groups in total. The van der Waals surface area contributed by atoms with Gasteiger partial charge in [-0.1, -0.05) is 26.2 Å². The molecular weight excluding hydrogens is 278 g/mol. The highest BCUT2D eigenvalue weighted by atomic mass is 16.2. The number of urea groups is 1. The van der Waals surface area contributed by atoms with Gasteiger partial charge in [0.15, 0.2) is 0 Å². The molecule has 0 heterocycles. The molecule has 0 aliphatic rings. The highest BCUT2D eigenvalue weighted by Gasteiger charge is 2.08. The fourth-order valence-corrected chi connectivity index (χ4v) is 2.13. The second-order valence-corrected chi connectivity index (χ2v) is 5.33. The third kappa shape index (κ3) is 6.16. The summed E-state index contributed by atoms with van der Waals surface area (Å²) in [6, 6.07) is 5.05. The monoisotopic (exact) mass is 305 g/mol. The second-order valence-electron chi connectivity index (χ2n) is 5.33. The summed E-state index contributed by atoms with van der Waals surface area (Å²) in [5.41, 5.74) is 2.19. The summed E-state index contributed by atoms with van der Waals surface area (Å²) in [6.45, 7) is 7.19. The van der Waals surface area contributed by atoms with Crippen LogP contribution in [0.15, 0.2) is 18.2 Å². The highest BCUT2D eigenvalue weighted by molar-refractivity contribution is 5.96. The van der Waals surface area contributed by atoms with Crippen LogP contribution in [0.5, 0.6) is 0 Å². The summed E-state index contributed by atoms with van der Waals surface area (Å²) in [5, 5.41) is 8.42. The van der Waals surface area contributed by atoms with E-state index in [0.717, 1.165) is 24.1 Å². The number of anilines is 1. The van der Waals surface area contributed by atoms with Crippen molar-refractivity contribution in [3.05, 3.63) is 29.3 Å². The van der Waals surface area contributed by atoms with Crippen molar-refractivity contribution in [3.8, 4) is 0 Å². The lowest BCUT2D eigenvalue weighted by Crippen LogP contribution is -2.30. The molecule has 0 unspecified atom stereocenters. The van der Waals surface area contributed by atoms with Gasteiger partial charge < -0.3 is 16.0 Å². The van der Waals surface area contributed by atoms with Crippen molar-refractivity contribution in [1.82, 2.24) is 10.6 Å². The molecule has 0 saturated heterocycles. The minimum Gasteiger partial charge on any atom is -0.352 e. The SMILES string of the molecule is CCCCCCNC(=O)Nc1ccc(C(=O)NCC)cc1C. The average molecular weight is 305 g/mol. The Labute approximate surface area is 132 Å². The zero-order valence-corrected chi connectivity index (χ0v) is 13.8. The Morgan fingerprint density at radius 1 is 1.05 bits per heavy atom. The Morgan fingerprint density at radius 2 is 1.82 bits per heavy atom. The molecule has 0 aliphatic carbocycles. The first-order valence-corrected chi connectivity index (χ1v) is 8.02. The quantitative estimate of drug-likeness (QED) is 0.644. The Kier molecular flexibility index (Phi) is 8.04. The first kappa shape index (κ1) is 18.0. The zero-order chi connectivity index (χ0) is 16.4. The van der Waals surface area contributed by atoms with Crippen LogP contribution in [0.3, 0.4) is 0 Å². The van der Waals surface area contributed by atoms with Crippen molar-refractivity contribution >= 4 is 17.6 Å². The number of hydrogen-bond donors (Lipinski definition) is 3. The predicted molar refractivity (Wildman–Crippen MR) is 90.3 cm³/mol. The largest absolute Gasteiger partial charge is 0.352 e. The van der Waals surface area contributed by atoms with E-state index in [0.29, 0.717) is 18.7 Å². The summed E-state index contributed by atoms with van der Waals surface area (Å²) in [6.07, 6.45) is 4.51. The fraction of sp³-hybridized carbons (Fsp3) is 0.529. The molecule has 0 atom stereocenters. The minimum absolute atomic E-state index is 0.0995. The normalized spacial score (nSPS) is 10.1. The summed E-state index contributed by atoms with van der Waals surface area (Å²) in [5.74, 6) is -0.0995. The van der Waals surface area contributed by atoms with Gasteiger partial charge in [-0.05, 0) is 44.0 Å². The van der Waals surface area contributed by atoms with Gasteiger partial charge in [0.25, 0.3) is 5.91 Å².